The van der Waals surface area contributed by atoms with Crippen molar-refractivity contribution in [1.82, 2.24) is 9.78 Å². The molecule has 2 unspecified atom stereocenters. The second kappa shape index (κ2) is 8.92. The number of aryl methyl sites for hydroxylation is 1. The van der Waals surface area contributed by atoms with Crippen LogP contribution in [0.5, 0.6) is 5.75 Å². The fraction of sp³-hybridized carbons (Fsp3) is 0.375. The molecule has 1 aliphatic carbocycles. The van der Waals surface area contributed by atoms with E-state index in [1.165, 1.54) is 24.5 Å². The van der Waals surface area contributed by atoms with E-state index in [4.69, 9.17) is 4.74 Å². The molecule has 3 heterocycles. The van der Waals surface area contributed by atoms with Crippen LogP contribution in [0.4, 0.5) is 24.0 Å². The van der Waals surface area contributed by atoms with Crippen LogP contribution in [-0.2, 0) is 12.8 Å². The highest BCUT2D eigenvalue weighted by atomic mass is 32.1. The average Bonchev–Trinajstić information content (AvgIpc) is 3.43. The van der Waals surface area contributed by atoms with Gasteiger partial charge in [-0.2, -0.15) is 23.5 Å². The van der Waals surface area contributed by atoms with Gasteiger partial charge in [-0.1, -0.05) is 12.1 Å². The molecule has 0 spiro atoms. The van der Waals surface area contributed by atoms with Crippen LogP contribution in [0.1, 0.15) is 63.4 Å². The molecule has 1 aliphatic heterocycles. The molecule has 35 heavy (non-hydrogen) atoms. The number of amides is 1. The molecular formula is C24H22F3N5O2S. The number of anilines is 2. The second-order valence-corrected chi connectivity index (χ2v) is 9.71. The number of carbonyl (C=O) groups is 1. The molecule has 0 saturated carbocycles. The Kier molecular flexibility index (Phi) is 5.92. The minimum atomic E-state index is -4.56. The minimum Gasteiger partial charge on any atom is -0.497 e. The molecule has 1 aromatic carbocycles. The molecule has 2 aromatic heterocycles. The normalized spacial score (nSPS) is 19.2. The molecule has 5 rings (SSSR count). The Balaban J connectivity index is 1.45. The van der Waals surface area contributed by atoms with Crippen LogP contribution in [0.25, 0.3) is 0 Å². The summed E-state index contributed by atoms with van der Waals surface area (Å²) in [5, 5.41) is 19.8. The number of benzene rings is 1. The number of nitrogens with zero attached hydrogens (tertiary/aromatic N) is 3. The van der Waals surface area contributed by atoms with Gasteiger partial charge in [0, 0.05) is 17.4 Å². The average molecular weight is 502 g/mol. The van der Waals surface area contributed by atoms with Crippen LogP contribution < -0.4 is 15.4 Å². The molecule has 2 N–H and O–H groups in total. The van der Waals surface area contributed by atoms with Crippen molar-refractivity contribution in [1.29, 1.82) is 5.26 Å². The van der Waals surface area contributed by atoms with Gasteiger partial charge >= 0.3 is 6.18 Å². The zero-order chi connectivity index (χ0) is 24.7. The first-order valence-corrected chi connectivity index (χ1v) is 12.0. The van der Waals surface area contributed by atoms with Gasteiger partial charge in [-0.3, -0.25) is 4.79 Å². The maximum atomic E-state index is 14.0. The van der Waals surface area contributed by atoms with Crippen molar-refractivity contribution in [3.05, 3.63) is 57.6 Å². The number of hydrogen-bond acceptors (Lipinski definition) is 6. The molecule has 0 saturated heterocycles. The number of rotatable bonds is 4. The standard InChI is InChI=1S/C24H22F3N5O2S/c1-34-14-6-4-5-13(9-14)17-10-20(24(25,26)27)32-21(29-17)11-18(31-32)22(33)30-23-16(12-28)15-7-2-3-8-19(15)35-23/h4-6,9,11,17,20,29H,2-3,7-8,10H2,1H3,(H,30,33). The number of carbonyl (C=O) groups excluding carboxylic acids is 1. The number of hydrogen-bond donors (Lipinski definition) is 2. The summed E-state index contributed by atoms with van der Waals surface area (Å²) < 4.78 is 48.0. The molecule has 2 atom stereocenters. The minimum absolute atomic E-state index is 0.0996. The van der Waals surface area contributed by atoms with Gasteiger partial charge in [0.25, 0.3) is 5.91 Å². The molecule has 0 radical (unpaired) electrons. The molecule has 7 nitrogen and oxygen atoms in total. The summed E-state index contributed by atoms with van der Waals surface area (Å²) in [6.07, 6.45) is -1.20. The summed E-state index contributed by atoms with van der Waals surface area (Å²) in [6, 6.07) is 7.80. The number of thiophene rings is 1. The van der Waals surface area contributed by atoms with Crippen molar-refractivity contribution in [2.24, 2.45) is 0 Å². The lowest BCUT2D eigenvalue weighted by molar-refractivity contribution is -0.173. The summed E-state index contributed by atoms with van der Waals surface area (Å²) in [5.74, 6) is -0.0101. The van der Waals surface area contributed by atoms with E-state index in [2.05, 4.69) is 21.8 Å². The molecule has 0 fully saturated rings. The number of nitriles is 1. The summed E-state index contributed by atoms with van der Waals surface area (Å²) >= 11 is 1.35. The number of fused-ring (bicyclic) bond motifs is 2. The Morgan fingerprint density at radius 3 is 2.86 bits per heavy atom. The van der Waals surface area contributed by atoms with Crippen LogP contribution in [0.15, 0.2) is 30.3 Å². The van der Waals surface area contributed by atoms with Gasteiger partial charge < -0.3 is 15.4 Å². The topological polar surface area (TPSA) is 92.0 Å². The van der Waals surface area contributed by atoms with E-state index in [1.807, 2.05) is 0 Å². The van der Waals surface area contributed by atoms with Gasteiger partial charge in [-0.25, -0.2) is 4.68 Å². The Hall–Kier alpha value is -3.52. The van der Waals surface area contributed by atoms with Gasteiger partial charge in [0.05, 0.1) is 18.7 Å². The first kappa shape index (κ1) is 23.2. The maximum absolute atomic E-state index is 14.0. The van der Waals surface area contributed by atoms with E-state index in [0.29, 0.717) is 21.9 Å². The quantitative estimate of drug-likeness (QED) is 0.484. The van der Waals surface area contributed by atoms with Crippen molar-refractivity contribution in [2.45, 2.75) is 50.4 Å². The lowest BCUT2D eigenvalue weighted by Gasteiger charge is -2.33. The molecular weight excluding hydrogens is 479 g/mol. The Morgan fingerprint density at radius 1 is 1.31 bits per heavy atom. The van der Waals surface area contributed by atoms with Crippen LogP contribution in [-0.4, -0.2) is 29.0 Å². The van der Waals surface area contributed by atoms with E-state index in [0.717, 1.165) is 40.8 Å². The lowest BCUT2D eigenvalue weighted by atomic mass is 9.96. The number of methoxy groups -OCH3 is 1. The SMILES string of the molecule is COc1cccc(C2CC(C(F)(F)F)n3nc(C(=O)Nc4sc5c(c4C#N)CCCC5)cc3N2)c1. The van der Waals surface area contributed by atoms with Crippen molar-refractivity contribution >= 4 is 28.1 Å². The van der Waals surface area contributed by atoms with E-state index in [1.54, 1.807) is 24.3 Å². The molecule has 11 heteroatoms. The van der Waals surface area contributed by atoms with Gasteiger partial charge in [0.15, 0.2) is 11.7 Å². The molecule has 1 amide bonds. The number of halogens is 3. The third kappa shape index (κ3) is 4.34. The molecule has 3 aromatic rings. The van der Waals surface area contributed by atoms with Crippen LogP contribution in [0.2, 0.25) is 0 Å². The molecule has 2 aliphatic rings. The van der Waals surface area contributed by atoms with Gasteiger partial charge in [-0.15, -0.1) is 11.3 Å². The zero-order valence-electron chi connectivity index (χ0n) is 18.8. The van der Waals surface area contributed by atoms with Crippen LogP contribution in [0.3, 0.4) is 0 Å². The molecule has 0 bridgehead atoms. The van der Waals surface area contributed by atoms with E-state index >= 15 is 0 Å². The third-order valence-electron chi connectivity index (χ3n) is 6.43. The summed E-state index contributed by atoms with van der Waals surface area (Å²) in [5.41, 5.74) is 1.89. The Morgan fingerprint density at radius 2 is 2.11 bits per heavy atom. The third-order valence-corrected chi connectivity index (χ3v) is 7.64. The maximum Gasteiger partial charge on any atom is 0.410 e. The van der Waals surface area contributed by atoms with Crippen LogP contribution >= 0.6 is 11.3 Å². The Labute approximate surface area is 203 Å². The van der Waals surface area contributed by atoms with Crippen LogP contribution in [0, 0.1) is 11.3 Å². The van der Waals surface area contributed by atoms with Gasteiger partial charge in [-0.05, 0) is 48.9 Å². The Bertz CT molecular complexity index is 1320. The highest BCUT2D eigenvalue weighted by Crippen LogP contribution is 2.44. The van der Waals surface area contributed by atoms with Crippen molar-refractivity contribution in [3.63, 3.8) is 0 Å². The van der Waals surface area contributed by atoms with Crippen molar-refractivity contribution < 1.29 is 22.7 Å². The van der Waals surface area contributed by atoms with Crippen molar-refractivity contribution in [2.75, 3.05) is 17.7 Å². The number of ether oxygens (including phenoxy) is 1. The second-order valence-electron chi connectivity index (χ2n) is 8.61. The number of aromatic nitrogens is 2. The number of nitrogens with one attached hydrogen (secondary N) is 2. The number of alkyl halides is 3. The smallest absolute Gasteiger partial charge is 0.410 e. The monoisotopic (exact) mass is 501 g/mol. The molecule has 182 valence electrons. The highest BCUT2D eigenvalue weighted by Gasteiger charge is 2.47. The van der Waals surface area contributed by atoms with Gasteiger partial charge in [0.1, 0.15) is 22.6 Å². The zero-order valence-corrected chi connectivity index (χ0v) is 19.6. The highest BCUT2D eigenvalue weighted by molar-refractivity contribution is 7.16. The fourth-order valence-electron chi connectivity index (χ4n) is 4.70. The predicted octanol–water partition coefficient (Wildman–Crippen LogP) is 5.62. The first-order valence-electron chi connectivity index (χ1n) is 11.2. The van der Waals surface area contributed by atoms with E-state index < -0.39 is 24.2 Å². The first-order chi connectivity index (χ1) is 16.8. The predicted molar refractivity (Wildman–Crippen MR) is 125 cm³/mol. The largest absolute Gasteiger partial charge is 0.497 e. The summed E-state index contributed by atoms with van der Waals surface area (Å²) in [6.45, 7) is 0. The summed E-state index contributed by atoms with van der Waals surface area (Å²) in [7, 11) is 1.49. The van der Waals surface area contributed by atoms with Crippen molar-refractivity contribution in [3.8, 4) is 11.8 Å². The van der Waals surface area contributed by atoms with E-state index in [-0.39, 0.29) is 17.9 Å². The fourth-order valence-corrected chi connectivity index (χ4v) is 5.94. The lowest BCUT2D eigenvalue weighted by Crippen LogP contribution is -2.35. The van der Waals surface area contributed by atoms with Gasteiger partial charge in [0.2, 0.25) is 0 Å². The van der Waals surface area contributed by atoms with E-state index in [9.17, 15) is 23.2 Å². The summed E-state index contributed by atoms with van der Waals surface area (Å²) in [4.78, 5) is 14.1.